The molecule has 14 heavy (non-hydrogen) atoms. The van der Waals surface area contributed by atoms with Gasteiger partial charge in [-0.3, -0.25) is 0 Å². The lowest BCUT2D eigenvalue weighted by Gasteiger charge is -2.12. The Morgan fingerprint density at radius 1 is 1.29 bits per heavy atom. The second kappa shape index (κ2) is 3.38. The number of halogens is 1. The second-order valence-corrected chi connectivity index (χ2v) is 3.42. The van der Waals surface area contributed by atoms with Crippen LogP contribution in [0, 0.1) is 0 Å². The predicted octanol–water partition coefficient (Wildman–Crippen LogP) is 1.74. The zero-order valence-electron chi connectivity index (χ0n) is 7.90. The van der Waals surface area contributed by atoms with Crippen molar-refractivity contribution in [1.82, 2.24) is 15.0 Å². The molecule has 0 fully saturated rings. The van der Waals surface area contributed by atoms with Crippen LogP contribution in [0.5, 0.6) is 0 Å². The predicted molar refractivity (Wildman–Crippen MR) is 56.7 cm³/mol. The number of nitrogens with zero attached hydrogens (tertiary/aromatic N) is 4. The Labute approximate surface area is 86.6 Å². The molecule has 0 aliphatic carbocycles. The number of hydrogen-bond acceptors (Lipinski definition) is 4. The van der Waals surface area contributed by atoms with E-state index in [2.05, 4.69) is 15.0 Å². The molecule has 2 heterocycles. The van der Waals surface area contributed by atoms with Crippen LogP contribution in [0.4, 0.5) is 5.82 Å². The van der Waals surface area contributed by atoms with Crippen molar-refractivity contribution in [2.75, 3.05) is 19.0 Å². The molecule has 0 aliphatic heterocycles. The first-order chi connectivity index (χ1) is 6.68. The van der Waals surface area contributed by atoms with E-state index in [-0.39, 0.29) is 5.28 Å². The molecule has 0 aliphatic rings. The summed E-state index contributed by atoms with van der Waals surface area (Å²) in [4.78, 5) is 14.2. The van der Waals surface area contributed by atoms with Gasteiger partial charge in [-0.1, -0.05) is 0 Å². The fourth-order valence-corrected chi connectivity index (χ4v) is 1.42. The normalized spacial score (nSPS) is 10.5. The molecular formula is C9H9ClN4. The van der Waals surface area contributed by atoms with E-state index in [1.807, 2.05) is 31.1 Å². The fraction of sp³-hybridized carbons (Fsp3) is 0.222. The molecule has 0 atom stereocenters. The summed E-state index contributed by atoms with van der Waals surface area (Å²) in [5.41, 5.74) is 0.621. The molecule has 2 aromatic rings. The maximum Gasteiger partial charge on any atom is 0.226 e. The van der Waals surface area contributed by atoms with Gasteiger partial charge in [-0.15, -0.1) is 0 Å². The van der Waals surface area contributed by atoms with Gasteiger partial charge in [-0.2, -0.15) is 9.97 Å². The van der Waals surface area contributed by atoms with Crippen molar-refractivity contribution in [3.8, 4) is 0 Å². The van der Waals surface area contributed by atoms with Crippen LogP contribution < -0.4 is 4.90 Å². The first-order valence-electron chi connectivity index (χ1n) is 4.14. The van der Waals surface area contributed by atoms with Gasteiger partial charge in [0.15, 0.2) is 5.65 Å². The molecule has 2 rings (SSSR count). The van der Waals surface area contributed by atoms with Gasteiger partial charge < -0.3 is 4.90 Å². The smallest absolute Gasteiger partial charge is 0.226 e. The molecule has 0 bridgehead atoms. The molecule has 0 amide bonds. The molecule has 0 spiro atoms. The van der Waals surface area contributed by atoms with E-state index >= 15 is 0 Å². The number of aromatic nitrogens is 3. The lowest BCUT2D eigenvalue weighted by molar-refractivity contribution is 1.05. The SMILES string of the molecule is CN(C)c1nc(Cl)nc2ncccc12. The average molecular weight is 209 g/mol. The molecule has 0 saturated heterocycles. The number of hydrogen-bond donors (Lipinski definition) is 0. The van der Waals surface area contributed by atoms with Gasteiger partial charge in [0.25, 0.3) is 0 Å². The monoisotopic (exact) mass is 208 g/mol. The number of pyridine rings is 1. The zero-order chi connectivity index (χ0) is 10.1. The van der Waals surface area contributed by atoms with Crippen LogP contribution in [0.3, 0.4) is 0 Å². The minimum Gasteiger partial charge on any atom is -0.362 e. The van der Waals surface area contributed by atoms with E-state index in [9.17, 15) is 0 Å². The quantitative estimate of drug-likeness (QED) is 0.670. The standard InChI is InChI=1S/C9H9ClN4/c1-14(2)8-6-4-3-5-11-7(6)12-9(10)13-8/h3-5H,1-2H3. The third-order valence-corrected chi connectivity index (χ3v) is 2.02. The van der Waals surface area contributed by atoms with Crippen molar-refractivity contribution in [2.45, 2.75) is 0 Å². The van der Waals surface area contributed by atoms with Crippen LogP contribution in [0.25, 0.3) is 11.0 Å². The van der Waals surface area contributed by atoms with E-state index in [0.29, 0.717) is 5.65 Å². The van der Waals surface area contributed by atoms with Gasteiger partial charge in [-0.25, -0.2) is 4.98 Å². The maximum atomic E-state index is 5.78. The third kappa shape index (κ3) is 1.48. The van der Waals surface area contributed by atoms with Gasteiger partial charge in [0.1, 0.15) is 5.82 Å². The molecular weight excluding hydrogens is 200 g/mol. The third-order valence-electron chi connectivity index (χ3n) is 1.85. The van der Waals surface area contributed by atoms with E-state index in [1.54, 1.807) is 6.20 Å². The van der Waals surface area contributed by atoms with Gasteiger partial charge in [0, 0.05) is 20.3 Å². The minimum atomic E-state index is 0.222. The summed E-state index contributed by atoms with van der Waals surface area (Å²) >= 11 is 5.78. The summed E-state index contributed by atoms with van der Waals surface area (Å²) in [5.74, 6) is 0.785. The van der Waals surface area contributed by atoms with Crippen LogP contribution in [0.15, 0.2) is 18.3 Å². The first-order valence-corrected chi connectivity index (χ1v) is 4.52. The van der Waals surface area contributed by atoms with Gasteiger partial charge in [0.05, 0.1) is 5.39 Å². The maximum absolute atomic E-state index is 5.78. The summed E-state index contributed by atoms with van der Waals surface area (Å²) in [6, 6.07) is 3.78. The fourth-order valence-electron chi connectivity index (χ4n) is 1.26. The van der Waals surface area contributed by atoms with E-state index < -0.39 is 0 Å². The van der Waals surface area contributed by atoms with Gasteiger partial charge in [-0.05, 0) is 23.7 Å². The zero-order valence-corrected chi connectivity index (χ0v) is 8.65. The Morgan fingerprint density at radius 2 is 2.07 bits per heavy atom. The number of rotatable bonds is 1. The lowest BCUT2D eigenvalue weighted by Crippen LogP contribution is -2.12. The Morgan fingerprint density at radius 3 is 2.79 bits per heavy atom. The minimum absolute atomic E-state index is 0.222. The molecule has 0 radical (unpaired) electrons. The average Bonchev–Trinajstić information content (AvgIpc) is 2.16. The second-order valence-electron chi connectivity index (χ2n) is 3.09. The Balaban J connectivity index is 2.80. The van der Waals surface area contributed by atoms with E-state index in [1.165, 1.54) is 0 Å². The van der Waals surface area contributed by atoms with Crippen molar-refractivity contribution in [1.29, 1.82) is 0 Å². The van der Waals surface area contributed by atoms with Crippen molar-refractivity contribution in [3.63, 3.8) is 0 Å². The number of anilines is 1. The number of fused-ring (bicyclic) bond motifs is 1. The van der Waals surface area contributed by atoms with E-state index in [4.69, 9.17) is 11.6 Å². The summed E-state index contributed by atoms with van der Waals surface area (Å²) in [6.07, 6.45) is 1.69. The van der Waals surface area contributed by atoms with Crippen molar-refractivity contribution in [3.05, 3.63) is 23.6 Å². The highest BCUT2D eigenvalue weighted by atomic mass is 35.5. The molecule has 0 saturated carbocycles. The Bertz CT molecular complexity index is 469. The molecule has 0 aromatic carbocycles. The Kier molecular flexibility index (Phi) is 2.21. The van der Waals surface area contributed by atoms with Crippen LogP contribution in [-0.4, -0.2) is 29.0 Å². The van der Waals surface area contributed by atoms with Crippen molar-refractivity contribution >= 4 is 28.5 Å². The van der Waals surface area contributed by atoms with Gasteiger partial charge >= 0.3 is 0 Å². The molecule has 2 aromatic heterocycles. The highest BCUT2D eigenvalue weighted by molar-refractivity contribution is 6.28. The van der Waals surface area contributed by atoms with Gasteiger partial charge in [0.2, 0.25) is 5.28 Å². The molecule has 4 nitrogen and oxygen atoms in total. The summed E-state index contributed by atoms with van der Waals surface area (Å²) < 4.78 is 0. The van der Waals surface area contributed by atoms with Crippen LogP contribution in [0.1, 0.15) is 0 Å². The highest BCUT2D eigenvalue weighted by Gasteiger charge is 2.07. The highest BCUT2D eigenvalue weighted by Crippen LogP contribution is 2.21. The molecule has 0 N–H and O–H groups in total. The topological polar surface area (TPSA) is 41.9 Å². The summed E-state index contributed by atoms with van der Waals surface area (Å²) in [6.45, 7) is 0. The summed E-state index contributed by atoms with van der Waals surface area (Å²) in [7, 11) is 3.82. The lowest BCUT2D eigenvalue weighted by atomic mass is 10.3. The molecule has 72 valence electrons. The Hall–Kier alpha value is -1.42. The molecule has 5 heteroatoms. The molecule has 0 unspecified atom stereocenters. The van der Waals surface area contributed by atoms with Crippen LogP contribution in [0.2, 0.25) is 5.28 Å². The van der Waals surface area contributed by atoms with Crippen LogP contribution in [-0.2, 0) is 0 Å². The summed E-state index contributed by atoms with van der Waals surface area (Å²) in [5, 5.41) is 1.13. The van der Waals surface area contributed by atoms with E-state index in [0.717, 1.165) is 11.2 Å². The largest absolute Gasteiger partial charge is 0.362 e. The van der Waals surface area contributed by atoms with Crippen molar-refractivity contribution in [2.24, 2.45) is 0 Å². The first kappa shape index (κ1) is 9.15. The van der Waals surface area contributed by atoms with Crippen molar-refractivity contribution < 1.29 is 0 Å². The van der Waals surface area contributed by atoms with Crippen LogP contribution >= 0.6 is 11.6 Å².